The van der Waals surface area contributed by atoms with Crippen LogP contribution < -0.4 is 11.5 Å². The van der Waals surface area contributed by atoms with Gasteiger partial charge in [-0.25, -0.2) is 4.79 Å². The fourth-order valence-corrected chi connectivity index (χ4v) is 0. The number of aliphatic hydroxyl groups is 3. The molecule has 0 aromatic heterocycles. The van der Waals surface area contributed by atoms with Crippen molar-refractivity contribution in [3.63, 3.8) is 0 Å². The van der Waals surface area contributed by atoms with Gasteiger partial charge in [-0.1, -0.05) is 6.58 Å². The highest BCUT2D eigenvalue weighted by Gasteiger charge is 1.95. The predicted octanol–water partition coefficient (Wildman–Crippen LogP) is -1.61. The Morgan fingerprint density at radius 1 is 1.40 bits per heavy atom. The second-order valence-corrected chi connectivity index (χ2v) is 1.27. The second-order valence-electron chi connectivity index (χ2n) is 1.27. The third-order valence-electron chi connectivity index (χ3n) is 0.298. The van der Waals surface area contributed by atoms with Gasteiger partial charge < -0.3 is 26.8 Å². The summed E-state index contributed by atoms with van der Waals surface area (Å²) in [5.41, 5.74) is 8.50. The Hall–Kier alpha value is -1.27. The molecule has 0 bridgehead atoms. The standard InChI is InChI=1S/C3H6O3.CH4N2O/c1-2(4)3(5)6;2-1(3)4/h3-6H,1H2;(H4,2,3,4). The molecule has 0 aromatic rings. The molecule has 0 rings (SSSR count). The molecule has 0 aliphatic rings. The van der Waals surface area contributed by atoms with E-state index in [4.69, 9.17) is 20.1 Å². The first-order chi connectivity index (χ1) is 4.37. The first kappa shape index (κ1) is 11.5. The maximum absolute atomic E-state index is 9.00. The van der Waals surface area contributed by atoms with Crippen LogP contribution in [0.2, 0.25) is 0 Å². The third-order valence-corrected chi connectivity index (χ3v) is 0.298. The van der Waals surface area contributed by atoms with Crippen molar-refractivity contribution in [2.24, 2.45) is 11.5 Å². The molecule has 0 aliphatic heterocycles. The molecule has 0 heterocycles. The lowest BCUT2D eigenvalue weighted by Gasteiger charge is -1.94. The maximum atomic E-state index is 9.00. The number of carbonyl (C=O) groups is 1. The van der Waals surface area contributed by atoms with Crippen LogP contribution >= 0.6 is 0 Å². The van der Waals surface area contributed by atoms with E-state index in [-0.39, 0.29) is 0 Å². The molecule has 0 atom stereocenters. The molecular weight excluding hydrogens is 140 g/mol. The van der Waals surface area contributed by atoms with E-state index < -0.39 is 18.1 Å². The molecule has 10 heavy (non-hydrogen) atoms. The van der Waals surface area contributed by atoms with E-state index >= 15 is 0 Å². The van der Waals surface area contributed by atoms with Crippen molar-refractivity contribution in [3.05, 3.63) is 12.3 Å². The molecule has 0 fully saturated rings. The van der Waals surface area contributed by atoms with Gasteiger partial charge >= 0.3 is 6.03 Å². The van der Waals surface area contributed by atoms with Gasteiger partial charge in [0.25, 0.3) is 0 Å². The lowest BCUT2D eigenvalue weighted by atomic mass is 10.6. The topological polar surface area (TPSA) is 130 Å². The number of aliphatic hydroxyl groups excluding tert-OH is 2. The van der Waals surface area contributed by atoms with Crippen LogP contribution in [0.5, 0.6) is 0 Å². The Morgan fingerprint density at radius 2 is 1.50 bits per heavy atom. The largest absolute Gasteiger partial charge is 0.508 e. The number of amides is 2. The molecule has 0 aliphatic carbocycles. The fraction of sp³-hybridized carbons (Fsp3) is 0.250. The maximum Gasteiger partial charge on any atom is 0.309 e. The van der Waals surface area contributed by atoms with Gasteiger partial charge in [0.05, 0.1) is 0 Å². The summed E-state index contributed by atoms with van der Waals surface area (Å²) in [6.07, 6.45) is -1.79. The van der Waals surface area contributed by atoms with Gasteiger partial charge in [-0.05, 0) is 0 Å². The Bertz CT molecular complexity index is 118. The molecule has 0 saturated heterocycles. The molecule has 2 amide bonds. The summed E-state index contributed by atoms with van der Waals surface area (Å²) in [4.78, 5) is 9.00. The van der Waals surface area contributed by atoms with Gasteiger partial charge in [0.2, 0.25) is 6.29 Å². The average molecular weight is 150 g/mol. The summed E-state index contributed by atoms with van der Waals surface area (Å²) in [7, 11) is 0. The van der Waals surface area contributed by atoms with E-state index in [0.717, 1.165) is 0 Å². The fourth-order valence-electron chi connectivity index (χ4n) is 0. The number of urea groups is 1. The zero-order valence-corrected chi connectivity index (χ0v) is 5.19. The van der Waals surface area contributed by atoms with Crippen LogP contribution in [0.4, 0.5) is 4.79 Å². The van der Waals surface area contributed by atoms with E-state index in [0.29, 0.717) is 0 Å². The van der Waals surface area contributed by atoms with Crippen LogP contribution in [0, 0.1) is 0 Å². The Labute approximate surface area is 57.4 Å². The van der Waals surface area contributed by atoms with Gasteiger partial charge in [0.1, 0.15) is 5.76 Å². The van der Waals surface area contributed by atoms with E-state index in [1.165, 1.54) is 0 Å². The number of hydrogen-bond donors (Lipinski definition) is 5. The zero-order valence-electron chi connectivity index (χ0n) is 5.19. The molecule has 0 spiro atoms. The number of primary amides is 2. The van der Waals surface area contributed by atoms with Crippen LogP contribution in [-0.2, 0) is 0 Å². The second kappa shape index (κ2) is 5.86. The van der Waals surface area contributed by atoms with Crippen LogP contribution in [0.3, 0.4) is 0 Å². The summed E-state index contributed by atoms with van der Waals surface area (Å²) in [5.74, 6) is -0.630. The van der Waals surface area contributed by atoms with Crippen molar-refractivity contribution in [1.29, 1.82) is 0 Å². The first-order valence-electron chi connectivity index (χ1n) is 2.16. The SMILES string of the molecule is C=C(O)C(O)O.NC(N)=O. The molecule has 0 saturated carbocycles. The molecule has 0 radical (unpaired) electrons. The summed E-state index contributed by atoms with van der Waals surface area (Å²) in [5, 5.41) is 23.6. The highest BCUT2D eigenvalue weighted by Crippen LogP contribution is 1.84. The normalized spacial score (nSPS) is 7.90. The highest BCUT2D eigenvalue weighted by atomic mass is 16.5. The van der Waals surface area contributed by atoms with E-state index in [1.54, 1.807) is 0 Å². The summed E-state index contributed by atoms with van der Waals surface area (Å²) >= 11 is 0. The molecule has 6 heteroatoms. The van der Waals surface area contributed by atoms with E-state index in [2.05, 4.69) is 18.0 Å². The van der Waals surface area contributed by atoms with Gasteiger partial charge in [-0.2, -0.15) is 0 Å². The Kier molecular flexibility index (Phi) is 6.75. The van der Waals surface area contributed by atoms with Crippen molar-refractivity contribution < 1.29 is 20.1 Å². The van der Waals surface area contributed by atoms with Crippen molar-refractivity contribution in [2.45, 2.75) is 6.29 Å². The summed E-state index contributed by atoms with van der Waals surface area (Å²) in [6, 6.07) is -0.833. The third kappa shape index (κ3) is 29.6. The molecule has 7 N–H and O–H groups in total. The van der Waals surface area contributed by atoms with Crippen LogP contribution in [0.15, 0.2) is 12.3 Å². The number of hydrogen-bond acceptors (Lipinski definition) is 4. The zero-order chi connectivity index (χ0) is 8.73. The Morgan fingerprint density at radius 3 is 1.50 bits per heavy atom. The minimum atomic E-state index is -1.79. The van der Waals surface area contributed by atoms with Crippen LogP contribution in [0.1, 0.15) is 0 Å². The van der Waals surface area contributed by atoms with Crippen molar-refractivity contribution >= 4 is 6.03 Å². The average Bonchev–Trinajstić information content (AvgIpc) is 1.63. The first-order valence-corrected chi connectivity index (χ1v) is 2.16. The lowest BCUT2D eigenvalue weighted by molar-refractivity contribution is -0.0363. The summed E-state index contributed by atoms with van der Waals surface area (Å²) in [6.45, 7) is 2.81. The monoisotopic (exact) mass is 150 g/mol. The molecule has 60 valence electrons. The minimum Gasteiger partial charge on any atom is -0.508 e. The van der Waals surface area contributed by atoms with Gasteiger partial charge in [0, 0.05) is 0 Å². The number of carbonyl (C=O) groups excluding carboxylic acids is 1. The number of rotatable bonds is 1. The lowest BCUT2D eigenvalue weighted by Crippen LogP contribution is -2.18. The smallest absolute Gasteiger partial charge is 0.309 e. The predicted molar refractivity (Wildman–Crippen MR) is 33.8 cm³/mol. The van der Waals surface area contributed by atoms with E-state index in [1.807, 2.05) is 0 Å². The minimum absolute atomic E-state index is 0.630. The van der Waals surface area contributed by atoms with Gasteiger partial charge in [0.15, 0.2) is 0 Å². The van der Waals surface area contributed by atoms with Crippen molar-refractivity contribution in [3.8, 4) is 0 Å². The van der Waals surface area contributed by atoms with Gasteiger partial charge in [-0.3, -0.25) is 0 Å². The Balaban J connectivity index is 0. The molecule has 0 aromatic carbocycles. The molecule has 6 nitrogen and oxygen atoms in total. The van der Waals surface area contributed by atoms with Crippen molar-refractivity contribution in [2.75, 3.05) is 0 Å². The quantitative estimate of drug-likeness (QED) is 0.227. The van der Waals surface area contributed by atoms with E-state index in [9.17, 15) is 0 Å². The van der Waals surface area contributed by atoms with Crippen LogP contribution in [0.25, 0.3) is 0 Å². The van der Waals surface area contributed by atoms with Gasteiger partial charge in [-0.15, -0.1) is 0 Å². The van der Waals surface area contributed by atoms with Crippen molar-refractivity contribution in [1.82, 2.24) is 0 Å². The molecular formula is C4H10N2O4. The van der Waals surface area contributed by atoms with Crippen LogP contribution in [-0.4, -0.2) is 27.6 Å². The highest BCUT2D eigenvalue weighted by molar-refractivity contribution is 5.69. The number of nitrogens with two attached hydrogens (primary N) is 2. The summed E-state index contributed by atoms with van der Waals surface area (Å²) < 4.78 is 0. The molecule has 0 unspecified atom stereocenters.